The van der Waals surface area contributed by atoms with Crippen molar-refractivity contribution in [1.29, 1.82) is 0 Å². The number of carbonyl (C=O) groups excluding carboxylic acids is 1. The predicted octanol–water partition coefficient (Wildman–Crippen LogP) is 3.25. The zero-order chi connectivity index (χ0) is 18.4. The van der Waals surface area contributed by atoms with Crippen molar-refractivity contribution in [3.63, 3.8) is 0 Å². The van der Waals surface area contributed by atoms with Crippen molar-refractivity contribution in [2.24, 2.45) is 0 Å². The van der Waals surface area contributed by atoms with Crippen molar-refractivity contribution >= 4 is 22.4 Å². The largest absolute Gasteiger partial charge is 0.493 e. The number of hydrogen-bond acceptors (Lipinski definition) is 6. The third-order valence-electron chi connectivity index (χ3n) is 3.80. The van der Waals surface area contributed by atoms with Crippen LogP contribution < -0.4 is 10.1 Å². The minimum Gasteiger partial charge on any atom is -0.493 e. The molecule has 0 bridgehead atoms. The van der Waals surface area contributed by atoms with E-state index < -0.39 is 0 Å². The summed E-state index contributed by atoms with van der Waals surface area (Å²) in [5.41, 5.74) is 1.16. The lowest BCUT2D eigenvalue weighted by molar-refractivity contribution is -0.119. The number of hydrogen-bond donors (Lipinski definition) is 1. The number of anilines is 1. The monoisotopic (exact) mass is 371 g/mol. The van der Waals surface area contributed by atoms with Crippen molar-refractivity contribution in [2.45, 2.75) is 32.7 Å². The van der Waals surface area contributed by atoms with Gasteiger partial charge in [0.15, 0.2) is 0 Å². The quantitative estimate of drug-likeness (QED) is 0.657. The van der Waals surface area contributed by atoms with Crippen LogP contribution in [0.4, 0.5) is 5.13 Å². The molecule has 0 fully saturated rings. The molecule has 0 spiro atoms. The highest BCUT2D eigenvalue weighted by atomic mass is 32.1. The van der Waals surface area contributed by atoms with Crippen LogP contribution in [0.5, 0.6) is 5.75 Å². The van der Waals surface area contributed by atoms with Gasteiger partial charge >= 0.3 is 0 Å². The lowest BCUT2D eigenvalue weighted by Gasteiger charge is -2.13. The Hall–Kier alpha value is -2.74. The van der Waals surface area contributed by atoms with E-state index in [-0.39, 0.29) is 11.9 Å². The molecule has 26 heavy (non-hydrogen) atoms. The van der Waals surface area contributed by atoms with Gasteiger partial charge in [-0.25, -0.2) is 0 Å². The summed E-state index contributed by atoms with van der Waals surface area (Å²) in [6.07, 6.45) is 4.72. The molecule has 2 aromatic heterocycles. The number of aromatic nitrogens is 4. The van der Waals surface area contributed by atoms with Crippen molar-refractivity contribution in [1.82, 2.24) is 20.0 Å². The van der Waals surface area contributed by atoms with Gasteiger partial charge < -0.3 is 4.74 Å². The zero-order valence-corrected chi connectivity index (χ0v) is 15.6. The maximum Gasteiger partial charge on any atom is 0.251 e. The van der Waals surface area contributed by atoms with E-state index in [4.69, 9.17) is 4.74 Å². The molecule has 0 aliphatic rings. The Morgan fingerprint density at radius 2 is 2.23 bits per heavy atom. The molecule has 0 saturated carbocycles. The first kappa shape index (κ1) is 18.1. The van der Waals surface area contributed by atoms with Gasteiger partial charge in [-0.05, 0) is 37.1 Å². The Morgan fingerprint density at radius 3 is 2.96 bits per heavy atom. The normalized spacial score (nSPS) is 11.9. The Bertz CT molecular complexity index is 847. The molecule has 0 radical (unpaired) electrons. The summed E-state index contributed by atoms with van der Waals surface area (Å²) in [5.74, 6) is 0.697. The van der Waals surface area contributed by atoms with Gasteiger partial charge in [0.2, 0.25) is 5.13 Å². The van der Waals surface area contributed by atoms with Gasteiger partial charge in [-0.15, -0.1) is 10.2 Å². The van der Waals surface area contributed by atoms with Crippen LogP contribution in [0.25, 0.3) is 0 Å². The van der Waals surface area contributed by atoms with E-state index in [1.807, 2.05) is 38.1 Å². The Morgan fingerprint density at radius 1 is 1.35 bits per heavy atom. The summed E-state index contributed by atoms with van der Waals surface area (Å²) in [6, 6.07) is 9.35. The number of rotatable bonds is 8. The van der Waals surface area contributed by atoms with Gasteiger partial charge in [0.1, 0.15) is 16.8 Å². The molecule has 1 amide bonds. The van der Waals surface area contributed by atoms with Crippen LogP contribution >= 0.6 is 11.3 Å². The number of ether oxygens (including phenoxy) is 1. The van der Waals surface area contributed by atoms with Crippen LogP contribution in [0.1, 0.15) is 30.0 Å². The number of aryl methyl sites for hydroxylation is 1. The van der Waals surface area contributed by atoms with Gasteiger partial charge in [0.25, 0.3) is 5.91 Å². The molecule has 8 heteroatoms. The van der Waals surface area contributed by atoms with E-state index in [1.165, 1.54) is 11.3 Å². The maximum atomic E-state index is 12.4. The van der Waals surface area contributed by atoms with E-state index in [9.17, 15) is 4.79 Å². The molecule has 7 nitrogen and oxygen atoms in total. The smallest absolute Gasteiger partial charge is 0.251 e. The first-order valence-electron chi connectivity index (χ1n) is 8.47. The molecule has 2 heterocycles. The number of benzene rings is 1. The van der Waals surface area contributed by atoms with E-state index >= 15 is 0 Å². The maximum absolute atomic E-state index is 12.4. The molecule has 136 valence electrons. The Kier molecular flexibility index (Phi) is 5.96. The topological polar surface area (TPSA) is 81.9 Å². The van der Waals surface area contributed by atoms with Crippen molar-refractivity contribution in [3.8, 4) is 5.75 Å². The zero-order valence-electron chi connectivity index (χ0n) is 14.8. The lowest BCUT2D eigenvalue weighted by Crippen LogP contribution is -2.25. The molecular formula is C18H21N5O2S. The number of nitrogens with one attached hydrogen (secondary N) is 1. The SMILES string of the molecule is CCC(C(=O)Nc1nnc(CCOc2cccc(C)c2)s1)n1cccn1. The van der Waals surface area contributed by atoms with E-state index in [2.05, 4.69) is 20.6 Å². The van der Waals surface area contributed by atoms with E-state index in [1.54, 1.807) is 23.1 Å². The van der Waals surface area contributed by atoms with Crippen molar-refractivity contribution in [3.05, 3.63) is 53.3 Å². The molecular weight excluding hydrogens is 350 g/mol. The molecule has 0 saturated heterocycles. The fraction of sp³-hybridized carbons (Fsp3) is 0.333. The summed E-state index contributed by atoms with van der Waals surface area (Å²) < 4.78 is 7.37. The summed E-state index contributed by atoms with van der Waals surface area (Å²) in [5, 5.41) is 16.4. The van der Waals surface area contributed by atoms with Crippen LogP contribution in [-0.2, 0) is 11.2 Å². The second-order valence-corrected chi connectivity index (χ2v) is 6.88. The molecule has 1 unspecified atom stereocenters. The third kappa shape index (κ3) is 4.66. The summed E-state index contributed by atoms with van der Waals surface area (Å²) in [6.45, 7) is 4.48. The average Bonchev–Trinajstić information content (AvgIpc) is 3.28. The van der Waals surface area contributed by atoms with Crippen molar-refractivity contribution in [2.75, 3.05) is 11.9 Å². The average molecular weight is 371 g/mol. The minimum absolute atomic E-state index is 0.144. The first-order chi connectivity index (χ1) is 12.7. The molecule has 0 aliphatic heterocycles. The number of nitrogens with zero attached hydrogens (tertiary/aromatic N) is 4. The summed E-state index contributed by atoms with van der Waals surface area (Å²) >= 11 is 1.36. The van der Waals surface area contributed by atoms with Crippen LogP contribution in [0.15, 0.2) is 42.7 Å². The standard InChI is InChI=1S/C18H21N5O2S/c1-3-15(23-10-5-9-19-23)17(24)20-18-22-21-16(26-18)8-11-25-14-7-4-6-13(2)12-14/h4-7,9-10,12,15H,3,8,11H2,1-2H3,(H,20,22,24). The van der Waals surface area contributed by atoms with Crippen molar-refractivity contribution < 1.29 is 9.53 Å². The fourth-order valence-electron chi connectivity index (χ4n) is 2.51. The molecule has 1 atom stereocenters. The second-order valence-electron chi connectivity index (χ2n) is 5.82. The number of amides is 1. The molecule has 0 aliphatic carbocycles. The van der Waals surface area contributed by atoms with Gasteiger partial charge in [-0.3, -0.25) is 14.8 Å². The molecule has 1 aromatic carbocycles. The predicted molar refractivity (Wildman–Crippen MR) is 100 cm³/mol. The molecule has 1 N–H and O–H groups in total. The lowest BCUT2D eigenvalue weighted by atomic mass is 10.2. The molecule has 3 rings (SSSR count). The molecule has 3 aromatic rings. The van der Waals surface area contributed by atoms with Gasteiger partial charge in [-0.1, -0.05) is 30.4 Å². The van der Waals surface area contributed by atoms with Gasteiger partial charge in [0.05, 0.1) is 6.61 Å². The highest BCUT2D eigenvalue weighted by Crippen LogP contribution is 2.19. The Labute approximate surface area is 156 Å². The van der Waals surface area contributed by atoms with Crippen LogP contribution in [0.2, 0.25) is 0 Å². The number of carbonyl (C=O) groups is 1. The van der Waals surface area contributed by atoms with E-state index in [0.29, 0.717) is 24.6 Å². The fourth-order valence-corrected chi connectivity index (χ4v) is 3.24. The summed E-state index contributed by atoms with van der Waals surface area (Å²) in [7, 11) is 0. The first-order valence-corrected chi connectivity index (χ1v) is 9.29. The third-order valence-corrected chi connectivity index (χ3v) is 4.70. The summed E-state index contributed by atoms with van der Waals surface area (Å²) in [4.78, 5) is 12.4. The van der Waals surface area contributed by atoms with Crippen LogP contribution in [0, 0.1) is 6.92 Å². The highest BCUT2D eigenvalue weighted by molar-refractivity contribution is 7.15. The Balaban J connectivity index is 1.52. The highest BCUT2D eigenvalue weighted by Gasteiger charge is 2.20. The van der Waals surface area contributed by atoms with Crippen LogP contribution in [-0.4, -0.2) is 32.5 Å². The second kappa shape index (κ2) is 8.57. The van der Waals surface area contributed by atoms with Gasteiger partial charge in [0, 0.05) is 18.8 Å². The minimum atomic E-state index is -0.359. The van der Waals surface area contributed by atoms with E-state index in [0.717, 1.165) is 16.3 Å². The van der Waals surface area contributed by atoms with Gasteiger partial charge in [-0.2, -0.15) is 5.10 Å². The van der Waals surface area contributed by atoms with Crippen LogP contribution in [0.3, 0.4) is 0 Å².